The molecule has 0 radical (unpaired) electrons. The minimum absolute atomic E-state index is 0.0310. The fourth-order valence-corrected chi connectivity index (χ4v) is 3.67. The zero-order chi connectivity index (χ0) is 21.3. The molecule has 148 valence electrons. The van der Waals surface area contributed by atoms with Crippen molar-refractivity contribution in [3.63, 3.8) is 0 Å². The van der Waals surface area contributed by atoms with E-state index in [2.05, 4.69) is 5.32 Å². The first-order valence-corrected chi connectivity index (χ1v) is 9.30. The standard InChI is InChI=1S/C24H19N3O3/c25-16-6-4-5-14(11-16)15-9-10-18-19(12-15)20(13-28)22(23(29)21(18)24(26)30)27-17-7-2-1-3-8-17/h1-12,22,27,29H,25H2,(H2,26,30). The van der Waals surface area contributed by atoms with E-state index in [-0.39, 0.29) is 16.9 Å². The van der Waals surface area contributed by atoms with Crippen molar-refractivity contribution in [1.29, 1.82) is 0 Å². The summed E-state index contributed by atoms with van der Waals surface area (Å²) in [4.78, 5) is 24.1. The van der Waals surface area contributed by atoms with Crippen LogP contribution in [0.25, 0.3) is 22.3 Å². The topological polar surface area (TPSA) is 118 Å². The number of primary amides is 1. The SMILES string of the molecule is NC(=O)C1=C(O)C(Nc2ccccc2)C(=C=O)c2cc(-c3cccc(N)c3)ccc21. The Bertz CT molecular complexity index is 1230. The predicted molar refractivity (Wildman–Crippen MR) is 118 cm³/mol. The van der Waals surface area contributed by atoms with Crippen molar-refractivity contribution in [3.8, 4) is 11.1 Å². The first-order chi connectivity index (χ1) is 14.5. The number of hydrogen-bond acceptors (Lipinski definition) is 5. The molecule has 3 aromatic rings. The summed E-state index contributed by atoms with van der Waals surface area (Å²) in [6.07, 6.45) is 0. The first-order valence-electron chi connectivity index (χ1n) is 9.30. The summed E-state index contributed by atoms with van der Waals surface area (Å²) in [6, 6.07) is 20.7. The van der Waals surface area contributed by atoms with E-state index >= 15 is 0 Å². The highest BCUT2D eigenvalue weighted by molar-refractivity contribution is 6.23. The van der Waals surface area contributed by atoms with Gasteiger partial charge in [0.15, 0.2) is 0 Å². The summed E-state index contributed by atoms with van der Waals surface area (Å²) in [5, 5.41) is 13.9. The van der Waals surface area contributed by atoms with Crippen LogP contribution >= 0.6 is 0 Å². The minimum atomic E-state index is -0.962. The third kappa shape index (κ3) is 3.32. The minimum Gasteiger partial charge on any atom is -0.509 e. The van der Waals surface area contributed by atoms with E-state index in [0.29, 0.717) is 22.5 Å². The van der Waals surface area contributed by atoms with Crippen LogP contribution < -0.4 is 16.8 Å². The van der Waals surface area contributed by atoms with Gasteiger partial charge in [0.1, 0.15) is 17.7 Å². The van der Waals surface area contributed by atoms with Gasteiger partial charge in [0.05, 0.1) is 11.1 Å². The van der Waals surface area contributed by atoms with Crippen molar-refractivity contribution in [2.75, 3.05) is 11.1 Å². The summed E-state index contributed by atoms with van der Waals surface area (Å²) >= 11 is 0. The molecule has 6 nitrogen and oxygen atoms in total. The molecule has 0 saturated carbocycles. The molecule has 0 bridgehead atoms. The van der Waals surface area contributed by atoms with Crippen LogP contribution in [0.1, 0.15) is 11.1 Å². The second kappa shape index (κ2) is 7.62. The number of carbonyl (C=O) groups is 1. The van der Waals surface area contributed by atoms with E-state index < -0.39 is 11.9 Å². The molecule has 4 rings (SSSR count). The number of hydrogen-bond donors (Lipinski definition) is 4. The molecule has 6 heteroatoms. The van der Waals surface area contributed by atoms with Crippen LogP contribution in [0.4, 0.5) is 11.4 Å². The average molecular weight is 397 g/mol. The van der Waals surface area contributed by atoms with Gasteiger partial charge in [-0.25, -0.2) is 4.79 Å². The summed E-state index contributed by atoms with van der Waals surface area (Å²) in [6.45, 7) is 0. The van der Waals surface area contributed by atoms with Gasteiger partial charge in [-0.05, 0) is 52.6 Å². The summed E-state index contributed by atoms with van der Waals surface area (Å²) < 4.78 is 0. The zero-order valence-corrected chi connectivity index (χ0v) is 15.9. The highest BCUT2D eigenvalue weighted by atomic mass is 16.3. The van der Waals surface area contributed by atoms with Crippen LogP contribution in [0.5, 0.6) is 0 Å². The Hall–Kier alpha value is -4.28. The number of benzene rings is 3. The Labute approximate surface area is 173 Å². The van der Waals surface area contributed by atoms with Crippen LogP contribution in [-0.4, -0.2) is 23.0 Å². The van der Waals surface area contributed by atoms with Crippen LogP contribution in [0.2, 0.25) is 0 Å². The quantitative estimate of drug-likeness (QED) is 0.397. The highest BCUT2D eigenvalue weighted by Gasteiger charge is 2.35. The Morgan fingerprint density at radius 3 is 2.33 bits per heavy atom. The number of nitrogens with one attached hydrogen (secondary N) is 1. The molecule has 0 fully saturated rings. The maximum atomic E-state index is 12.2. The van der Waals surface area contributed by atoms with Crippen LogP contribution in [0.15, 0.2) is 78.6 Å². The molecule has 1 atom stereocenters. The smallest absolute Gasteiger partial charge is 0.252 e. The predicted octanol–water partition coefficient (Wildman–Crippen LogP) is 3.40. The fraction of sp³-hybridized carbons (Fsp3) is 0.0417. The number of aliphatic hydroxyl groups excluding tert-OH is 1. The Morgan fingerprint density at radius 1 is 0.933 bits per heavy atom. The lowest BCUT2D eigenvalue weighted by molar-refractivity contribution is -0.112. The van der Waals surface area contributed by atoms with Gasteiger partial charge in [-0.1, -0.05) is 42.5 Å². The van der Waals surface area contributed by atoms with Gasteiger partial charge in [0, 0.05) is 11.4 Å². The van der Waals surface area contributed by atoms with E-state index in [1.807, 2.05) is 42.3 Å². The molecule has 30 heavy (non-hydrogen) atoms. The van der Waals surface area contributed by atoms with Crippen LogP contribution in [0.3, 0.4) is 0 Å². The van der Waals surface area contributed by atoms with Crippen molar-refractivity contribution in [2.24, 2.45) is 5.73 Å². The van der Waals surface area contributed by atoms with E-state index in [4.69, 9.17) is 11.5 Å². The van der Waals surface area contributed by atoms with Gasteiger partial charge in [-0.15, -0.1) is 0 Å². The molecular formula is C24H19N3O3. The molecule has 0 heterocycles. The molecule has 1 amide bonds. The molecule has 1 aliphatic carbocycles. The number of aliphatic hydroxyl groups is 1. The average Bonchev–Trinajstić information content (AvgIpc) is 2.74. The lowest BCUT2D eigenvalue weighted by atomic mass is 9.81. The molecular weight excluding hydrogens is 378 g/mol. The molecule has 6 N–H and O–H groups in total. The molecule has 0 saturated heterocycles. The molecule has 0 aromatic heterocycles. The first kappa shape index (κ1) is 19.1. The Kier molecular flexibility index (Phi) is 4.84. The van der Waals surface area contributed by atoms with Gasteiger partial charge < -0.3 is 21.9 Å². The lowest BCUT2D eigenvalue weighted by Crippen LogP contribution is -2.32. The summed E-state index contributed by atoms with van der Waals surface area (Å²) in [7, 11) is 0. The summed E-state index contributed by atoms with van der Waals surface area (Å²) in [5.74, 6) is 0.850. The largest absolute Gasteiger partial charge is 0.509 e. The summed E-state index contributed by atoms with van der Waals surface area (Å²) in [5.41, 5.74) is 15.4. The fourth-order valence-electron chi connectivity index (χ4n) is 3.67. The lowest BCUT2D eigenvalue weighted by Gasteiger charge is -2.28. The number of amides is 1. The van der Waals surface area contributed by atoms with Gasteiger partial charge in [0.2, 0.25) is 0 Å². The second-order valence-electron chi connectivity index (χ2n) is 6.97. The van der Waals surface area contributed by atoms with Crippen molar-refractivity contribution in [3.05, 3.63) is 89.7 Å². The normalized spacial score (nSPS) is 15.3. The number of fused-ring (bicyclic) bond motifs is 1. The third-order valence-electron chi connectivity index (χ3n) is 5.06. The van der Waals surface area contributed by atoms with E-state index in [9.17, 15) is 14.7 Å². The van der Waals surface area contributed by atoms with E-state index in [1.54, 1.807) is 36.4 Å². The maximum Gasteiger partial charge on any atom is 0.252 e. The number of para-hydroxylation sites is 1. The van der Waals surface area contributed by atoms with Crippen molar-refractivity contribution in [2.45, 2.75) is 6.04 Å². The Balaban J connectivity index is 1.89. The number of anilines is 2. The molecule has 3 aromatic carbocycles. The van der Waals surface area contributed by atoms with Gasteiger partial charge in [-0.3, -0.25) is 4.79 Å². The highest BCUT2D eigenvalue weighted by Crippen LogP contribution is 2.39. The van der Waals surface area contributed by atoms with Crippen molar-refractivity contribution >= 4 is 34.4 Å². The van der Waals surface area contributed by atoms with Gasteiger partial charge in [0.25, 0.3) is 5.91 Å². The molecule has 0 aliphatic heterocycles. The second-order valence-corrected chi connectivity index (χ2v) is 6.97. The Morgan fingerprint density at radius 2 is 1.67 bits per heavy atom. The molecule has 1 unspecified atom stereocenters. The van der Waals surface area contributed by atoms with Crippen molar-refractivity contribution in [1.82, 2.24) is 0 Å². The van der Waals surface area contributed by atoms with Crippen molar-refractivity contribution < 1.29 is 14.7 Å². The van der Waals surface area contributed by atoms with E-state index in [0.717, 1.165) is 11.1 Å². The van der Waals surface area contributed by atoms with Crippen LogP contribution in [0, 0.1) is 0 Å². The monoisotopic (exact) mass is 397 g/mol. The van der Waals surface area contributed by atoms with E-state index in [1.165, 1.54) is 0 Å². The van der Waals surface area contributed by atoms with Gasteiger partial charge in [-0.2, -0.15) is 0 Å². The maximum absolute atomic E-state index is 12.2. The third-order valence-corrected chi connectivity index (χ3v) is 5.06. The van der Waals surface area contributed by atoms with Gasteiger partial charge >= 0.3 is 0 Å². The number of nitrogen functional groups attached to an aromatic ring is 1. The number of nitrogens with two attached hydrogens (primary N) is 2. The number of carbonyl (C=O) groups excluding carboxylic acids is 2. The number of rotatable bonds is 4. The molecule has 0 spiro atoms. The zero-order valence-electron chi connectivity index (χ0n) is 15.9. The molecule has 1 aliphatic rings. The van der Waals surface area contributed by atoms with Crippen LogP contribution in [-0.2, 0) is 9.59 Å².